The molecular formula is C17H21NO2. The molecule has 0 aromatic heterocycles. The van der Waals surface area contributed by atoms with Crippen LogP contribution in [0.15, 0.2) is 18.2 Å². The van der Waals surface area contributed by atoms with E-state index >= 15 is 0 Å². The van der Waals surface area contributed by atoms with Crippen LogP contribution in [-0.2, 0) is 0 Å². The maximum atomic E-state index is 12.3. The van der Waals surface area contributed by atoms with Crippen LogP contribution in [0.3, 0.4) is 0 Å². The SMILES string of the molecule is Cc1ccc(C#CCO)cc1C(=O)NC(C)C1CCC1. The van der Waals surface area contributed by atoms with Gasteiger partial charge in [0.05, 0.1) is 0 Å². The van der Waals surface area contributed by atoms with Crippen LogP contribution in [0.4, 0.5) is 0 Å². The first-order valence-corrected chi connectivity index (χ1v) is 7.13. The molecule has 0 aliphatic heterocycles. The van der Waals surface area contributed by atoms with Gasteiger partial charge in [-0.3, -0.25) is 4.79 Å². The number of aliphatic hydroxyl groups is 1. The number of aliphatic hydroxyl groups excluding tert-OH is 1. The van der Waals surface area contributed by atoms with E-state index < -0.39 is 0 Å². The van der Waals surface area contributed by atoms with Gasteiger partial charge in [-0.05, 0) is 50.3 Å². The number of rotatable bonds is 3. The lowest BCUT2D eigenvalue weighted by molar-refractivity contribution is 0.0908. The number of hydrogen-bond donors (Lipinski definition) is 2. The summed E-state index contributed by atoms with van der Waals surface area (Å²) in [6.07, 6.45) is 3.70. The zero-order valence-corrected chi connectivity index (χ0v) is 12.1. The molecule has 0 heterocycles. The van der Waals surface area contributed by atoms with E-state index in [1.807, 2.05) is 19.1 Å². The first kappa shape index (κ1) is 14.6. The smallest absolute Gasteiger partial charge is 0.251 e. The van der Waals surface area contributed by atoms with E-state index in [0.29, 0.717) is 11.5 Å². The van der Waals surface area contributed by atoms with Gasteiger partial charge in [-0.25, -0.2) is 0 Å². The third-order valence-corrected chi connectivity index (χ3v) is 4.01. The molecular weight excluding hydrogens is 250 g/mol. The Morgan fingerprint density at radius 3 is 2.85 bits per heavy atom. The lowest BCUT2D eigenvalue weighted by Crippen LogP contribution is -2.40. The lowest BCUT2D eigenvalue weighted by Gasteiger charge is -2.32. The van der Waals surface area contributed by atoms with Gasteiger partial charge in [0.1, 0.15) is 6.61 Å². The van der Waals surface area contributed by atoms with Gasteiger partial charge >= 0.3 is 0 Å². The van der Waals surface area contributed by atoms with Crippen molar-refractivity contribution in [2.45, 2.75) is 39.2 Å². The number of benzene rings is 1. The second kappa shape index (κ2) is 6.58. The molecule has 0 bridgehead atoms. The van der Waals surface area contributed by atoms with Gasteiger partial charge in [-0.15, -0.1) is 0 Å². The molecule has 1 aromatic rings. The average Bonchev–Trinajstić information content (AvgIpc) is 2.35. The summed E-state index contributed by atoms with van der Waals surface area (Å²) in [6.45, 7) is 3.83. The molecule has 1 saturated carbocycles. The van der Waals surface area contributed by atoms with Gasteiger partial charge < -0.3 is 10.4 Å². The monoisotopic (exact) mass is 271 g/mol. The van der Waals surface area contributed by atoms with Crippen LogP contribution in [0.1, 0.15) is 47.7 Å². The Kier molecular flexibility index (Phi) is 4.81. The maximum Gasteiger partial charge on any atom is 0.251 e. The molecule has 2 rings (SSSR count). The predicted molar refractivity (Wildman–Crippen MR) is 79.4 cm³/mol. The molecule has 1 aliphatic rings. The second-order valence-electron chi connectivity index (χ2n) is 5.44. The van der Waals surface area contributed by atoms with E-state index in [9.17, 15) is 4.79 Å². The highest BCUT2D eigenvalue weighted by atomic mass is 16.2. The summed E-state index contributed by atoms with van der Waals surface area (Å²) in [5.74, 6) is 6.03. The van der Waals surface area contributed by atoms with E-state index in [1.165, 1.54) is 19.3 Å². The molecule has 20 heavy (non-hydrogen) atoms. The summed E-state index contributed by atoms with van der Waals surface area (Å²) in [5, 5.41) is 11.8. The zero-order chi connectivity index (χ0) is 14.5. The molecule has 1 unspecified atom stereocenters. The Balaban J connectivity index is 2.11. The highest BCUT2D eigenvalue weighted by Gasteiger charge is 2.25. The molecule has 3 heteroatoms. The molecule has 0 radical (unpaired) electrons. The van der Waals surface area contributed by atoms with Crippen LogP contribution in [0, 0.1) is 24.7 Å². The minimum atomic E-state index is -0.172. The topological polar surface area (TPSA) is 49.3 Å². The van der Waals surface area contributed by atoms with E-state index in [0.717, 1.165) is 11.1 Å². The number of carbonyl (C=O) groups excluding carboxylic acids is 1. The molecule has 1 aromatic carbocycles. The summed E-state index contributed by atoms with van der Waals surface area (Å²) in [7, 11) is 0. The third-order valence-electron chi connectivity index (χ3n) is 4.01. The fourth-order valence-electron chi connectivity index (χ4n) is 2.43. The van der Waals surface area contributed by atoms with E-state index in [1.54, 1.807) is 6.07 Å². The summed E-state index contributed by atoms with van der Waals surface area (Å²) in [4.78, 5) is 12.3. The van der Waals surface area contributed by atoms with Crippen LogP contribution in [0.2, 0.25) is 0 Å². The molecule has 106 valence electrons. The van der Waals surface area contributed by atoms with Crippen molar-refractivity contribution >= 4 is 5.91 Å². The normalized spacial score (nSPS) is 15.8. The van der Waals surface area contributed by atoms with Gasteiger partial charge in [0.25, 0.3) is 5.91 Å². The fourth-order valence-corrected chi connectivity index (χ4v) is 2.43. The van der Waals surface area contributed by atoms with E-state index in [-0.39, 0.29) is 18.6 Å². The van der Waals surface area contributed by atoms with Crippen molar-refractivity contribution in [1.29, 1.82) is 0 Å². The molecule has 0 saturated heterocycles. The Bertz CT molecular complexity index is 550. The number of nitrogens with one attached hydrogen (secondary N) is 1. The maximum absolute atomic E-state index is 12.3. The van der Waals surface area contributed by atoms with Crippen LogP contribution in [-0.4, -0.2) is 23.7 Å². The van der Waals surface area contributed by atoms with Crippen molar-refractivity contribution in [1.82, 2.24) is 5.32 Å². The Morgan fingerprint density at radius 2 is 2.25 bits per heavy atom. The molecule has 1 aliphatic carbocycles. The molecule has 3 nitrogen and oxygen atoms in total. The molecule has 1 atom stereocenters. The van der Waals surface area contributed by atoms with Crippen molar-refractivity contribution in [2.24, 2.45) is 5.92 Å². The summed E-state index contributed by atoms with van der Waals surface area (Å²) >= 11 is 0. The fraction of sp³-hybridized carbons (Fsp3) is 0.471. The Morgan fingerprint density at radius 1 is 1.50 bits per heavy atom. The third kappa shape index (κ3) is 3.40. The van der Waals surface area contributed by atoms with Crippen molar-refractivity contribution in [3.05, 3.63) is 34.9 Å². The standard InChI is InChI=1S/C17H21NO2/c1-12-8-9-14(5-4-10-19)11-16(12)17(20)18-13(2)15-6-3-7-15/h8-9,11,13,15,19H,3,6-7,10H2,1-2H3,(H,18,20). The predicted octanol–water partition coefficient (Wildman–Crippen LogP) is 2.26. The van der Waals surface area contributed by atoms with Crippen LogP contribution < -0.4 is 5.32 Å². The van der Waals surface area contributed by atoms with Gasteiger partial charge in [-0.1, -0.05) is 24.3 Å². The first-order chi connectivity index (χ1) is 9.61. The summed E-state index contributed by atoms with van der Waals surface area (Å²) in [5.41, 5.74) is 2.37. The van der Waals surface area contributed by atoms with Crippen molar-refractivity contribution in [2.75, 3.05) is 6.61 Å². The zero-order valence-electron chi connectivity index (χ0n) is 12.1. The quantitative estimate of drug-likeness (QED) is 0.828. The highest BCUT2D eigenvalue weighted by molar-refractivity contribution is 5.96. The van der Waals surface area contributed by atoms with Gasteiger partial charge in [0, 0.05) is 17.2 Å². The molecule has 2 N–H and O–H groups in total. The largest absolute Gasteiger partial charge is 0.384 e. The average molecular weight is 271 g/mol. The summed E-state index contributed by atoms with van der Waals surface area (Å²) < 4.78 is 0. The number of aryl methyl sites for hydroxylation is 1. The van der Waals surface area contributed by atoms with Crippen molar-refractivity contribution in [3.8, 4) is 11.8 Å². The highest BCUT2D eigenvalue weighted by Crippen LogP contribution is 2.29. The van der Waals surface area contributed by atoms with Gasteiger partial charge in [-0.2, -0.15) is 0 Å². The number of amides is 1. The minimum Gasteiger partial charge on any atom is -0.384 e. The minimum absolute atomic E-state index is 0.0328. The van der Waals surface area contributed by atoms with Crippen LogP contribution >= 0.6 is 0 Å². The Labute approximate surface area is 120 Å². The second-order valence-corrected chi connectivity index (χ2v) is 5.44. The molecule has 1 amide bonds. The Hall–Kier alpha value is -1.79. The summed E-state index contributed by atoms with van der Waals surface area (Å²) in [6, 6.07) is 5.78. The van der Waals surface area contributed by atoms with Gasteiger partial charge in [0.15, 0.2) is 0 Å². The number of hydrogen-bond acceptors (Lipinski definition) is 2. The molecule has 1 fully saturated rings. The van der Waals surface area contributed by atoms with E-state index in [4.69, 9.17) is 5.11 Å². The lowest BCUT2D eigenvalue weighted by atomic mass is 9.80. The van der Waals surface area contributed by atoms with Crippen molar-refractivity contribution in [3.63, 3.8) is 0 Å². The van der Waals surface area contributed by atoms with Crippen LogP contribution in [0.5, 0.6) is 0 Å². The number of carbonyl (C=O) groups is 1. The van der Waals surface area contributed by atoms with Crippen molar-refractivity contribution < 1.29 is 9.90 Å². The van der Waals surface area contributed by atoms with E-state index in [2.05, 4.69) is 24.1 Å². The molecule has 0 spiro atoms. The first-order valence-electron chi connectivity index (χ1n) is 7.13. The van der Waals surface area contributed by atoms with Crippen LogP contribution in [0.25, 0.3) is 0 Å². The van der Waals surface area contributed by atoms with Gasteiger partial charge in [0.2, 0.25) is 0 Å².